The first-order chi connectivity index (χ1) is 32.4. The molecule has 2 aromatic rings. The molecule has 0 aliphatic rings. The smallest absolute Gasteiger partial charge is 0.326 e. The predicted octanol–water partition coefficient (Wildman–Crippen LogP) is 5.82. The van der Waals surface area contributed by atoms with Gasteiger partial charge in [0.15, 0.2) is 0 Å². The molecule has 4 atom stereocenters. The van der Waals surface area contributed by atoms with E-state index in [-0.39, 0.29) is 51.5 Å². The summed E-state index contributed by atoms with van der Waals surface area (Å²) in [4.78, 5) is 99.2. The molecule has 0 aromatic carbocycles. The first-order valence-electron chi connectivity index (χ1n) is 24.4. The predicted molar refractivity (Wildman–Crippen MR) is 266 cm³/mol. The molecule has 21 heteroatoms. The number of nitrogens with zero attached hydrogens (tertiary/aromatic N) is 5. The zero-order valence-corrected chi connectivity index (χ0v) is 44.9. The van der Waals surface area contributed by atoms with Crippen molar-refractivity contribution in [2.45, 2.75) is 216 Å². The van der Waals surface area contributed by atoms with Crippen molar-refractivity contribution in [1.29, 1.82) is 0 Å². The molecule has 0 radical (unpaired) electrons. The van der Waals surface area contributed by atoms with E-state index in [1.54, 1.807) is 29.4 Å². The Balaban J connectivity index is 2.46. The number of amides is 3. The van der Waals surface area contributed by atoms with E-state index >= 15 is 0 Å². The minimum atomic E-state index is -1.53. The number of unbranched alkanes of at least 4 members (excludes halogenated alkanes) is 1. The standard InChI is InChI=1S/C50H85N9O12/c1-45(2,3)35(21-18-19-32(51)40(64)53-24-17-16-20-33(41(65)66)55-44(69)56-34(42(67)68)22-23-37(60)61)59(29-36-52-25-27-57(36)30-38(62)70-48(10,11)12)50(46(4,5)6,47(7,8)9)43-54-26-28-58(43)31-39(63)71-49(13,14)15/h25-28,32-35H,16-24,29-31,51H2,1-15H3,(H,53,64)(H,60,61)(H,65,66)(H,67,68)(H2,55,56,69)/t32-,33-,34-,35?/m0/s1. The summed E-state index contributed by atoms with van der Waals surface area (Å²) in [5, 5.41) is 35.0. The molecule has 8 N–H and O–H groups in total. The van der Waals surface area contributed by atoms with Crippen LogP contribution in [0.4, 0.5) is 4.79 Å². The highest BCUT2D eigenvalue weighted by atomic mass is 16.6. The molecule has 2 heterocycles. The van der Waals surface area contributed by atoms with Crippen molar-refractivity contribution in [1.82, 2.24) is 40.0 Å². The number of nitrogens with one attached hydrogen (secondary N) is 3. The number of carboxylic acid groups (broad SMARTS) is 3. The van der Waals surface area contributed by atoms with E-state index < -0.39 is 99.3 Å². The maximum Gasteiger partial charge on any atom is 0.326 e. The van der Waals surface area contributed by atoms with Crippen molar-refractivity contribution >= 4 is 41.8 Å². The fourth-order valence-corrected chi connectivity index (χ4v) is 9.50. The molecule has 2 aromatic heterocycles. The summed E-state index contributed by atoms with van der Waals surface area (Å²) in [5.74, 6) is -4.04. The second-order valence-electron chi connectivity index (χ2n) is 23.4. The van der Waals surface area contributed by atoms with Gasteiger partial charge in [0.25, 0.3) is 0 Å². The zero-order valence-electron chi connectivity index (χ0n) is 44.9. The molecule has 0 saturated heterocycles. The third-order valence-electron chi connectivity index (χ3n) is 12.0. The number of carbonyl (C=O) groups excluding carboxylic acids is 4. The van der Waals surface area contributed by atoms with Gasteiger partial charge in [0, 0.05) is 43.8 Å². The molecule has 0 spiro atoms. The lowest BCUT2D eigenvalue weighted by molar-refractivity contribution is -0.159. The molecule has 2 rings (SSSR count). The molecule has 1 unspecified atom stereocenters. The highest BCUT2D eigenvalue weighted by Gasteiger charge is 2.61. The van der Waals surface area contributed by atoms with Crippen LogP contribution in [0.2, 0.25) is 0 Å². The summed E-state index contributed by atoms with van der Waals surface area (Å²) in [5.41, 5.74) is 2.53. The Morgan fingerprint density at radius 1 is 0.662 bits per heavy atom. The van der Waals surface area contributed by atoms with Gasteiger partial charge in [-0.1, -0.05) is 62.3 Å². The van der Waals surface area contributed by atoms with Gasteiger partial charge >= 0.3 is 35.9 Å². The second-order valence-corrected chi connectivity index (χ2v) is 23.4. The fourth-order valence-electron chi connectivity index (χ4n) is 9.50. The van der Waals surface area contributed by atoms with Crippen molar-refractivity contribution in [3.63, 3.8) is 0 Å². The highest BCUT2D eigenvalue weighted by Crippen LogP contribution is 2.57. The minimum absolute atomic E-state index is 0.0324. The van der Waals surface area contributed by atoms with Crippen LogP contribution in [0.5, 0.6) is 0 Å². The van der Waals surface area contributed by atoms with Gasteiger partial charge in [-0.25, -0.2) is 24.4 Å². The van der Waals surface area contributed by atoms with Crippen LogP contribution in [0.25, 0.3) is 0 Å². The Hall–Kier alpha value is -5.57. The molecule has 402 valence electrons. The first-order valence-corrected chi connectivity index (χ1v) is 24.4. The Bertz CT molecular complexity index is 2100. The molecule has 0 aliphatic heterocycles. The summed E-state index contributed by atoms with van der Waals surface area (Å²) in [7, 11) is 0. The van der Waals surface area contributed by atoms with E-state index in [1.807, 2.05) is 46.1 Å². The molecule has 21 nitrogen and oxygen atoms in total. The average Bonchev–Trinajstić information content (AvgIpc) is 3.82. The van der Waals surface area contributed by atoms with E-state index in [9.17, 15) is 43.8 Å². The van der Waals surface area contributed by atoms with Gasteiger partial charge < -0.3 is 55.6 Å². The number of hydrogen-bond donors (Lipinski definition) is 7. The van der Waals surface area contributed by atoms with Crippen LogP contribution < -0.4 is 21.7 Å². The van der Waals surface area contributed by atoms with E-state index in [4.69, 9.17) is 30.3 Å². The molecular formula is C50H85N9O12. The molecule has 3 amide bonds. The van der Waals surface area contributed by atoms with Crippen molar-refractivity contribution in [3.8, 4) is 0 Å². The van der Waals surface area contributed by atoms with Crippen molar-refractivity contribution < 1.29 is 58.4 Å². The number of urea groups is 1. The van der Waals surface area contributed by atoms with Gasteiger partial charge in [0.1, 0.15) is 48.0 Å². The summed E-state index contributed by atoms with van der Waals surface area (Å²) < 4.78 is 15.2. The molecule has 0 aliphatic carbocycles. The monoisotopic (exact) mass is 1000 g/mol. The van der Waals surface area contributed by atoms with Crippen molar-refractivity contribution in [2.75, 3.05) is 6.54 Å². The first kappa shape index (κ1) is 61.5. The topological polar surface area (TPSA) is 300 Å². The maximum absolute atomic E-state index is 13.5. The zero-order chi connectivity index (χ0) is 54.5. The number of hydrogen-bond acceptors (Lipinski definition) is 13. The lowest BCUT2D eigenvalue weighted by Gasteiger charge is -2.62. The summed E-state index contributed by atoms with van der Waals surface area (Å²) in [6.07, 6.45) is 7.98. The largest absolute Gasteiger partial charge is 0.481 e. The summed E-state index contributed by atoms with van der Waals surface area (Å²) >= 11 is 0. The SMILES string of the molecule is CC(C)(C)OC(=O)Cn1ccnc1CN(C(CCC[C@H](N)C(=O)NCCCC[C@H](NC(=O)N[C@@H](CCC(=O)O)C(=O)O)C(=O)O)C(C)(C)C)C(c1nccn1CC(=O)OC(C)(C)C)(C(C)(C)C)C(C)(C)C. The van der Waals surface area contributed by atoms with Crippen LogP contribution in [0.15, 0.2) is 24.8 Å². The van der Waals surface area contributed by atoms with Crippen LogP contribution in [0.1, 0.15) is 167 Å². The lowest BCUT2D eigenvalue weighted by atomic mass is 9.57. The van der Waals surface area contributed by atoms with Gasteiger partial charge in [-0.2, -0.15) is 0 Å². The average molecular weight is 1000 g/mol. The number of aromatic nitrogens is 4. The number of carboxylic acids is 3. The number of esters is 2. The maximum atomic E-state index is 13.5. The number of ether oxygens (including phenoxy) is 2. The van der Waals surface area contributed by atoms with Crippen molar-refractivity contribution in [2.24, 2.45) is 22.0 Å². The van der Waals surface area contributed by atoms with Crippen LogP contribution in [0.3, 0.4) is 0 Å². The minimum Gasteiger partial charge on any atom is -0.481 e. The van der Waals surface area contributed by atoms with Crippen LogP contribution in [-0.4, -0.2) is 123 Å². The van der Waals surface area contributed by atoms with Gasteiger partial charge in [0.2, 0.25) is 5.91 Å². The van der Waals surface area contributed by atoms with Crippen LogP contribution in [-0.2, 0) is 63.4 Å². The van der Waals surface area contributed by atoms with Crippen molar-refractivity contribution in [3.05, 3.63) is 36.4 Å². The van der Waals surface area contributed by atoms with Gasteiger partial charge in [-0.3, -0.25) is 24.1 Å². The third kappa shape index (κ3) is 18.8. The van der Waals surface area contributed by atoms with E-state index in [2.05, 4.69) is 83.2 Å². The van der Waals surface area contributed by atoms with Gasteiger partial charge in [-0.05, 0) is 103 Å². The number of rotatable bonds is 26. The summed E-state index contributed by atoms with van der Waals surface area (Å²) in [6, 6.07) is -5.11. The molecule has 0 fully saturated rings. The van der Waals surface area contributed by atoms with E-state index in [1.165, 1.54) is 0 Å². The van der Waals surface area contributed by atoms with E-state index in [0.29, 0.717) is 37.3 Å². The number of carbonyl (C=O) groups is 7. The fraction of sp³-hybridized carbons (Fsp3) is 0.740. The Morgan fingerprint density at radius 2 is 1.15 bits per heavy atom. The number of imidazole rings is 2. The number of nitrogens with two attached hydrogens (primary N) is 1. The molecule has 0 saturated carbocycles. The normalized spacial score (nSPS) is 14.5. The van der Waals surface area contributed by atoms with Gasteiger partial charge in [0.05, 0.1) is 18.1 Å². The molecule has 71 heavy (non-hydrogen) atoms. The summed E-state index contributed by atoms with van der Waals surface area (Å²) in [6.45, 7) is 30.6. The lowest BCUT2D eigenvalue weighted by Crippen LogP contribution is -2.67. The van der Waals surface area contributed by atoms with Gasteiger partial charge in [-0.15, -0.1) is 0 Å². The Morgan fingerprint density at radius 3 is 1.63 bits per heavy atom. The molecule has 0 bridgehead atoms. The quantitative estimate of drug-likeness (QED) is 0.0431. The van der Waals surface area contributed by atoms with E-state index in [0.717, 1.165) is 0 Å². The van der Waals surface area contributed by atoms with Crippen LogP contribution >= 0.6 is 0 Å². The second kappa shape index (κ2) is 25.2. The third-order valence-corrected chi connectivity index (χ3v) is 12.0. The number of aliphatic carboxylic acids is 3. The van der Waals surface area contributed by atoms with Crippen LogP contribution in [0, 0.1) is 16.2 Å². The highest BCUT2D eigenvalue weighted by molar-refractivity contribution is 5.86. The Labute approximate surface area is 419 Å². The Kier molecular flexibility index (Phi) is 21.8. The molecular weight excluding hydrogens is 919 g/mol.